The van der Waals surface area contributed by atoms with Gasteiger partial charge in [-0.2, -0.15) is 0 Å². The number of anilines is 2. The molecule has 2 N–H and O–H groups in total. The minimum absolute atomic E-state index is 0.0169. The van der Waals surface area contributed by atoms with Gasteiger partial charge in [-0.15, -0.1) is 0 Å². The molecule has 1 aromatic heterocycles. The first-order chi connectivity index (χ1) is 10.7. The summed E-state index contributed by atoms with van der Waals surface area (Å²) < 4.78 is 5.13. The Morgan fingerprint density at radius 1 is 1.18 bits per heavy atom. The summed E-state index contributed by atoms with van der Waals surface area (Å²) in [5, 5.41) is 6.05. The zero-order chi connectivity index (χ0) is 15.8. The van der Waals surface area contributed by atoms with Crippen LogP contribution in [0.2, 0.25) is 0 Å². The molecule has 0 bridgehead atoms. The number of amides is 1. The predicted molar refractivity (Wildman–Crippen MR) is 88.1 cm³/mol. The number of pyridine rings is 1. The highest BCUT2D eigenvalue weighted by Crippen LogP contribution is 2.14. The largest absolute Gasteiger partial charge is 0.497 e. The van der Waals surface area contributed by atoms with Crippen molar-refractivity contribution in [2.45, 2.75) is 26.3 Å². The van der Waals surface area contributed by atoms with E-state index in [-0.39, 0.29) is 5.91 Å². The van der Waals surface area contributed by atoms with Gasteiger partial charge in [-0.25, -0.2) is 4.98 Å². The smallest absolute Gasteiger partial charge is 0.224 e. The van der Waals surface area contributed by atoms with Crippen LogP contribution in [0, 0.1) is 0 Å². The van der Waals surface area contributed by atoms with Crippen molar-refractivity contribution in [3.8, 4) is 5.75 Å². The van der Waals surface area contributed by atoms with Gasteiger partial charge in [-0.1, -0.05) is 19.1 Å². The maximum absolute atomic E-state index is 11.5. The van der Waals surface area contributed by atoms with Gasteiger partial charge in [0.15, 0.2) is 0 Å². The monoisotopic (exact) mass is 299 g/mol. The maximum Gasteiger partial charge on any atom is 0.224 e. The number of nitrogens with zero attached hydrogens (tertiary/aromatic N) is 1. The van der Waals surface area contributed by atoms with E-state index in [0.29, 0.717) is 18.7 Å². The van der Waals surface area contributed by atoms with Crippen molar-refractivity contribution in [2.24, 2.45) is 0 Å². The Bertz CT molecular complexity index is 594. The lowest BCUT2D eigenvalue weighted by Gasteiger charge is -2.08. The Labute approximate surface area is 130 Å². The van der Waals surface area contributed by atoms with Crippen LogP contribution in [0.4, 0.5) is 11.5 Å². The van der Waals surface area contributed by atoms with E-state index < -0.39 is 0 Å². The molecule has 22 heavy (non-hydrogen) atoms. The first kappa shape index (κ1) is 15.8. The first-order valence-electron chi connectivity index (χ1n) is 7.34. The van der Waals surface area contributed by atoms with E-state index in [1.807, 2.05) is 43.3 Å². The van der Waals surface area contributed by atoms with Crippen LogP contribution in [0.3, 0.4) is 0 Å². The van der Waals surface area contributed by atoms with Gasteiger partial charge in [0.2, 0.25) is 5.91 Å². The Kier molecular flexibility index (Phi) is 5.77. The van der Waals surface area contributed by atoms with Crippen molar-refractivity contribution in [2.75, 3.05) is 17.7 Å². The Hall–Kier alpha value is -2.56. The number of rotatable bonds is 7. The summed E-state index contributed by atoms with van der Waals surface area (Å²) in [6.45, 7) is 2.66. The molecule has 2 rings (SSSR count). The number of hydrogen-bond acceptors (Lipinski definition) is 4. The molecular formula is C17H21N3O2. The molecule has 5 nitrogen and oxygen atoms in total. The van der Waals surface area contributed by atoms with E-state index in [1.165, 1.54) is 0 Å². The van der Waals surface area contributed by atoms with E-state index in [1.54, 1.807) is 13.3 Å². The fourth-order valence-corrected chi connectivity index (χ4v) is 1.96. The highest BCUT2D eigenvalue weighted by molar-refractivity contribution is 5.90. The van der Waals surface area contributed by atoms with Crippen LogP contribution in [-0.2, 0) is 11.3 Å². The van der Waals surface area contributed by atoms with Crippen LogP contribution in [0.5, 0.6) is 5.75 Å². The van der Waals surface area contributed by atoms with Crippen LogP contribution < -0.4 is 15.4 Å². The van der Waals surface area contributed by atoms with Crippen molar-refractivity contribution in [3.05, 3.63) is 48.2 Å². The molecule has 0 fully saturated rings. The molecule has 116 valence electrons. The fraction of sp³-hybridized carbons (Fsp3) is 0.294. The van der Waals surface area contributed by atoms with E-state index in [2.05, 4.69) is 15.6 Å². The Morgan fingerprint density at radius 2 is 1.95 bits per heavy atom. The topological polar surface area (TPSA) is 63.2 Å². The van der Waals surface area contributed by atoms with Gasteiger partial charge in [0.1, 0.15) is 11.6 Å². The van der Waals surface area contributed by atoms with Crippen molar-refractivity contribution in [1.82, 2.24) is 4.98 Å². The summed E-state index contributed by atoms with van der Waals surface area (Å²) in [5.41, 5.74) is 1.86. The third-order valence-corrected chi connectivity index (χ3v) is 3.16. The first-order valence-corrected chi connectivity index (χ1v) is 7.34. The number of benzene rings is 1. The lowest BCUT2D eigenvalue weighted by atomic mass is 10.2. The van der Waals surface area contributed by atoms with Crippen molar-refractivity contribution >= 4 is 17.4 Å². The predicted octanol–water partition coefficient (Wildman–Crippen LogP) is 3.44. The molecule has 0 aliphatic rings. The number of hydrogen-bond donors (Lipinski definition) is 2. The second-order valence-electron chi connectivity index (χ2n) is 4.93. The average molecular weight is 299 g/mol. The molecule has 0 spiro atoms. The van der Waals surface area contributed by atoms with E-state index in [9.17, 15) is 4.79 Å². The normalized spacial score (nSPS) is 10.1. The van der Waals surface area contributed by atoms with Gasteiger partial charge < -0.3 is 15.4 Å². The van der Waals surface area contributed by atoms with E-state index in [4.69, 9.17) is 4.74 Å². The zero-order valence-electron chi connectivity index (χ0n) is 12.9. The molecule has 0 radical (unpaired) electrons. The number of carbonyl (C=O) groups excluding carboxylic acids is 1. The van der Waals surface area contributed by atoms with Crippen molar-refractivity contribution in [3.63, 3.8) is 0 Å². The number of nitrogens with one attached hydrogen (secondary N) is 2. The standard InChI is InChI=1S/C17H21N3O2/c1-3-4-17(21)20-14-7-10-16(19-12-14)18-11-13-5-8-15(22-2)9-6-13/h5-10,12H,3-4,11H2,1-2H3,(H,18,19)(H,20,21). The van der Waals surface area contributed by atoms with Gasteiger partial charge in [0.25, 0.3) is 0 Å². The summed E-state index contributed by atoms with van der Waals surface area (Å²) in [4.78, 5) is 15.8. The lowest BCUT2D eigenvalue weighted by molar-refractivity contribution is -0.116. The highest BCUT2D eigenvalue weighted by atomic mass is 16.5. The zero-order valence-corrected chi connectivity index (χ0v) is 12.9. The van der Waals surface area contributed by atoms with Crippen LogP contribution in [0.25, 0.3) is 0 Å². The quantitative estimate of drug-likeness (QED) is 0.822. The summed E-state index contributed by atoms with van der Waals surface area (Å²) in [5.74, 6) is 1.63. The maximum atomic E-state index is 11.5. The molecular weight excluding hydrogens is 278 g/mol. The minimum atomic E-state index is 0.0169. The molecule has 1 aromatic carbocycles. The molecule has 2 aromatic rings. The molecule has 5 heteroatoms. The number of aromatic nitrogens is 1. The fourth-order valence-electron chi connectivity index (χ4n) is 1.96. The van der Waals surface area contributed by atoms with Crippen LogP contribution in [-0.4, -0.2) is 18.0 Å². The Morgan fingerprint density at radius 3 is 2.55 bits per heavy atom. The molecule has 0 saturated carbocycles. The van der Waals surface area contributed by atoms with E-state index >= 15 is 0 Å². The van der Waals surface area contributed by atoms with Gasteiger partial charge in [-0.3, -0.25) is 4.79 Å². The Balaban J connectivity index is 1.86. The molecule has 0 saturated heterocycles. The number of methoxy groups -OCH3 is 1. The molecule has 0 aliphatic carbocycles. The third kappa shape index (κ3) is 4.77. The van der Waals surface area contributed by atoms with Gasteiger partial charge >= 0.3 is 0 Å². The number of carbonyl (C=O) groups is 1. The summed E-state index contributed by atoms with van der Waals surface area (Å²) >= 11 is 0. The van der Waals surface area contributed by atoms with Crippen LogP contribution in [0.1, 0.15) is 25.3 Å². The van der Waals surface area contributed by atoms with E-state index in [0.717, 1.165) is 23.6 Å². The SMILES string of the molecule is CCCC(=O)Nc1ccc(NCc2ccc(OC)cc2)nc1. The molecule has 1 amide bonds. The summed E-state index contributed by atoms with van der Waals surface area (Å²) in [7, 11) is 1.65. The molecule has 0 unspecified atom stereocenters. The highest BCUT2D eigenvalue weighted by Gasteiger charge is 2.01. The lowest BCUT2D eigenvalue weighted by Crippen LogP contribution is -2.11. The van der Waals surface area contributed by atoms with Crippen LogP contribution >= 0.6 is 0 Å². The van der Waals surface area contributed by atoms with Gasteiger partial charge in [-0.05, 0) is 36.2 Å². The molecule has 0 aliphatic heterocycles. The second kappa shape index (κ2) is 8.02. The summed E-state index contributed by atoms with van der Waals surface area (Å²) in [6.07, 6.45) is 3.02. The molecule has 0 atom stereocenters. The summed E-state index contributed by atoms with van der Waals surface area (Å²) in [6, 6.07) is 11.6. The third-order valence-electron chi connectivity index (χ3n) is 3.16. The average Bonchev–Trinajstić information content (AvgIpc) is 2.55. The van der Waals surface area contributed by atoms with Gasteiger partial charge in [0.05, 0.1) is 19.0 Å². The van der Waals surface area contributed by atoms with Crippen molar-refractivity contribution < 1.29 is 9.53 Å². The minimum Gasteiger partial charge on any atom is -0.497 e. The molecule has 1 heterocycles. The second-order valence-corrected chi connectivity index (χ2v) is 4.93. The van der Waals surface area contributed by atoms with Crippen molar-refractivity contribution in [1.29, 1.82) is 0 Å². The van der Waals surface area contributed by atoms with Crippen LogP contribution in [0.15, 0.2) is 42.6 Å². The number of ether oxygens (including phenoxy) is 1. The van der Waals surface area contributed by atoms with Gasteiger partial charge in [0, 0.05) is 13.0 Å².